The molecule has 1 rings (SSSR count). The number of hydrogen-bond acceptors (Lipinski definition) is 3. The van der Waals surface area contributed by atoms with Crippen molar-refractivity contribution in [1.82, 2.24) is 4.90 Å². The molecule has 0 aromatic heterocycles. The first-order valence-corrected chi connectivity index (χ1v) is 5.69. The summed E-state index contributed by atoms with van der Waals surface area (Å²) >= 11 is 0. The molecule has 3 nitrogen and oxygen atoms in total. The minimum Gasteiger partial charge on any atom is -0.304 e. The van der Waals surface area contributed by atoms with E-state index in [0.29, 0.717) is 6.54 Å². The highest BCUT2D eigenvalue weighted by molar-refractivity contribution is 5.33. The van der Waals surface area contributed by atoms with E-state index in [2.05, 4.69) is 23.4 Å². The minimum atomic E-state index is 0.456. The molecule has 0 spiro atoms. The zero-order chi connectivity index (χ0) is 11.1. The van der Waals surface area contributed by atoms with Gasteiger partial charge in [-0.05, 0) is 44.8 Å². The maximum absolute atomic E-state index is 9.94. The summed E-state index contributed by atoms with van der Waals surface area (Å²) in [5.74, 6) is 0.738. The summed E-state index contributed by atoms with van der Waals surface area (Å²) in [5.41, 5.74) is 1.06. The van der Waals surface area contributed by atoms with Gasteiger partial charge in [-0.25, -0.2) is 9.79 Å². The Bertz CT molecular complexity index is 248. The van der Waals surface area contributed by atoms with E-state index in [-0.39, 0.29) is 0 Å². The molecular formula is C12H20N2O. The lowest BCUT2D eigenvalue weighted by atomic mass is 9.90. The molecule has 0 unspecified atom stereocenters. The summed E-state index contributed by atoms with van der Waals surface area (Å²) < 4.78 is 0. The second kappa shape index (κ2) is 6.54. The van der Waals surface area contributed by atoms with E-state index < -0.39 is 0 Å². The lowest BCUT2D eigenvalue weighted by Gasteiger charge is -2.31. The predicted molar refractivity (Wildman–Crippen MR) is 61.6 cm³/mol. The number of rotatable bonds is 5. The topological polar surface area (TPSA) is 32.7 Å². The fraction of sp³-hybridized carbons (Fsp3) is 0.750. The van der Waals surface area contributed by atoms with Crippen LogP contribution in [0.2, 0.25) is 0 Å². The Balaban J connectivity index is 2.23. The Morgan fingerprint density at radius 3 is 2.73 bits per heavy atom. The van der Waals surface area contributed by atoms with Crippen LogP contribution >= 0.6 is 0 Å². The van der Waals surface area contributed by atoms with E-state index in [9.17, 15) is 4.79 Å². The van der Waals surface area contributed by atoms with Crippen LogP contribution in [-0.2, 0) is 4.79 Å². The first-order chi connectivity index (χ1) is 7.26. The average Bonchev–Trinajstić information content (AvgIpc) is 2.27. The van der Waals surface area contributed by atoms with Gasteiger partial charge in [-0.3, -0.25) is 0 Å². The quantitative estimate of drug-likeness (QED) is 0.393. The third-order valence-corrected chi connectivity index (χ3v) is 3.10. The van der Waals surface area contributed by atoms with Gasteiger partial charge in [0.05, 0.1) is 6.54 Å². The van der Waals surface area contributed by atoms with Crippen molar-refractivity contribution in [3.05, 3.63) is 12.2 Å². The number of carbonyl (C=O) groups excluding carboxylic acids is 1. The second-order valence-electron chi connectivity index (χ2n) is 4.24. The average molecular weight is 208 g/mol. The lowest BCUT2D eigenvalue weighted by molar-refractivity contribution is 0.192. The number of piperidine rings is 1. The maximum Gasteiger partial charge on any atom is 0.235 e. The van der Waals surface area contributed by atoms with Gasteiger partial charge in [-0.2, -0.15) is 0 Å². The van der Waals surface area contributed by atoms with Crippen LogP contribution in [-0.4, -0.2) is 37.2 Å². The Labute approximate surface area is 91.9 Å². The van der Waals surface area contributed by atoms with E-state index in [1.54, 1.807) is 6.08 Å². The van der Waals surface area contributed by atoms with Gasteiger partial charge < -0.3 is 4.90 Å². The second-order valence-corrected chi connectivity index (χ2v) is 4.24. The SMILES string of the molecule is C=C(CN=C=O)CC1CCN(CC)CC1. The summed E-state index contributed by atoms with van der Waals surface area (Å²) in [6, 6.07) is 0. The molecule has 0 aromatic carbocycles. The Morgan fingerprint density at radius 1 is 1.53 bits per heavy atom. The normalized spacial score (nSPS) is 18.5. The van der Waals surface area contributed by atoms with Crippen LogP contribution in [0, 0.1) is 5.92 Å². The van der Waals surface area contributed by atoms with E-state index >= 15 is 0 Å². The molecule has 0 saturated carbocycles. The van der Waals surface area contributed by atoms with E-state index in [4.69, 9.17) is 0 Å². The molecule has 0 radical (unpaired) electrons. The maximum atomic E-state index is 9.94. The highest BCUT2D eigenvalue weighted by atomic mass is 16.1. The largest absolute Gasteiger partial charge is 0.304 e. The number of isocyanates is 1. The fourth-order valence-corrected chi connectivity index (χ4v) is 2.12. The molecule has 0 atom stereocenters. The third-order valence-electron chi connectivity index (χ3n) is 3.10. The van der Waals surface area contributed by atoms with Crippen molar-refractivity contribution in [1.29, 1.82) is 0 Å². The molecule has 0 aromatic rings. The standard InChI is InChI=1S/C12H20N2O/c1-3-14-6-4-12(5-7-14)8-11(2)9-13-10-15/h12H,2-9H2,1H3. The van der Waals surface area contributed by atoms with E-state index in [0.717, 1.165) is 24.5 Å². The van der Waals surface area contributed by atoms with Crippen LogP contribution in [0.5, 0.6) is 0 Å². The van der Waals surface area contributed by atoms with Crippen molar-refractivity contribution in [2.45, 2.75) is 26.2 Å². The summed E-state index contributed by atoms with van der Waals surface area (Å²) in [6.45, 7) is 10.2. The fourth-order valence-electron chi connectivity index (χ4n) is 2.12. The molecule has 1 aliphatic heterocycles. The summed E-state index contributed by atoms with van der Waals surface area (Å²) in [5, 5.41) is 0. The predicted octanol–water partition coefficient (Wildman–Crippen LogP) is 2.00. The molecule has 1 fully saturated rings. The number of nitrogens with zero attached hydrogens (tertiary/aromatic N) is 2. The van der Waals surface area contributed by atoms with Crippen molar-refractivity contribution >= 4 is 6.08 Å². The van der Waals surface area contributed by atoms with Gasteiger partial charge in [0.2, 0.25) is 6.08 Å². The van der Waals surface area contributed by atoms with Crippen LogP contribution in [0.3, 0.4) is 0 Å². The van der Waals surface area contributed by atoms with Crippen LogP contribution in [0.1, 0.15) is 26.2 Å². The zero-order valence-corrected chi connectivity index (χ0v) is 9.54. The minimum absolute atomic E-state index is 0.456. The van der Waals surface area contributed by atoms with Crippen molar-refractivity contribution in [2.24, 2.45) is 10.9 Å². The number of likely N-dealkylation sites (tertiary alicyclic amines) is 1. The van der Waals surface area contributed by atoms with Crippen molar-refractivity contribution < 1.29 is 4.79 Å². The first kappa shape index (κ1) is 12.2. The smallest absolute Gasteiger partial charge is 0.235 e. The monoisotopic (exact) mass is 208 g/mol. The molecule has 15 heavy (non-hydrogen) atoms. The molecule has 1 heterocycles. The molecule has 84 valence electrons. The molecule has 1 aliphatic rings. The highest BCUT2D eigenvalue weighted by Crippen LogP contribution is 2.23. The van der Waals surface area contributed by atoms with Gasteiger partial charge in [-0.1, -0.05) is 19.1 Å². The number of hydrogen-bond donors (Lipinski definition) is 0. The first-order valence-electron chi connectivity index (χ1n) is 5.69. The van der Waals surface area contributed by atoms with Crippen LogP contribution in [0.4, 0.5) is 0 Å². The van der Waals surface area contributed by atoms with Gasteiger partial charge in [0.1, 0.15) is 0 Å². The summed E-state index contributed by atoms with van der Waals surface area (Å²) in [6.07, 6.45) is 5.07. The van der Waals surface area contributed by atoms with Gasteiger partial charge >= 0.3 is 0 Å². The Kier molecular flexibility index (Phi) is 5.30. The van der Waals surface area contributed by atoms with Crippen LogP contribution in [0.25, 0.3) is 0 Å². The van der Waals surface area contributed by atoms with E-state index in [1.807, 2.05) is 0 Å². The van der Waals surface area contributed by atoms with Crippen molar-refractivity contribution in [3.63, 3.8) is 0 Å². The van der Waals surface area contributed by atoms with Crippen molar-refractivity contribution in [3.8, 4) is 0 Å². The molecule has 0 N–H and O–H groups in total. The summed E-state index contributed by atoms with van der Waals surface area (Å²) in [7, 11) is 0. The Morgan fingerprint density at radius 2 is 2.20 bits per heavy atom. The lowest BCUT2D eigenvalue weighted by Crippen LogP contribution is -2.33. The third kappa shape index (κ3) is 4.41. The van der Waals surface area contributed by atoms with Gasteiger partial charge in [0.25, 0.3) is 0 Å². The van der Waals surface area contributed by atoms with Crippen LogP contribution in [0.15, 0.2) is 17.1 Å². The molecule has 1 saturated heterocycles. The van der Waals surface area contributed by atoms with Crippen molar-refractivity contribution in [2.75, 3.05) is 26.2 Å². The highest BCUT2D eigenvalue weighted by Gasteiger charge is 2.18. The molecule has 0 bridgehead atoms. The van der Waals surface area contributed by atoms with Gasteiger partial charge in [0.15, 0.2) is 0 Å². The summed E-state index contributed by atoms with van der Waals surface area (Å²) in [4.78, 5) is 16.0. The van der Waals surface area contributed by atoms with Gasteiger partial charge in [0, 0.05) is 0 Å². The Hall–Kier alpha value is -0.920. The molecule has 0 aliphatic carbocycles. The number of aliphatic imine (C=N–C) groups is 1. The van der Waals surface area contributed by atoms with E-state index in [1.165, 1.54) is 25.9 Å². The van der Waals surface area contributed by atoms with Gasteiger partial charge in [-0.15, -0.1) is 0 Å². The zero-order valence-electron chi connectivity index (χ0n) is 9.54. The van der Waals surface area contributed by atoms with Crippen LogP contribution < -0.4 is 0 Å². The molecule has 3 heteroatoms. The molecular weight excluding hydrogens is 188 g/mol. The molecule has 0 amide bonds.